The highest BCUT2D eigenvalue weighted by atomic mass is 32.2. The van der Waals surface area contributed by atoms with E-state index in [-0.39, 0.29) is 23.1 Å². The molecule has 1 saturated heterocycles. The first-order valence-corrected chi connectivity index (χ1v) is 11.1. The minimum absolute atomic E-state index is 0.0302. The standard InChI is InChI=1S/C23H26N2O2S/c1-16-6-5-9-20(14-16)25-21(26)15-28-23(25)18-10-12-19(13-11-18)24-22(27)17-7-3-2-4-8-17/h5-6,9-14,17,23H,2-4,7-8,15H2,1H3,(H,24,27). The van der Waals surface area contributed by atoms with Crippen molar-refractivity contribution in [3.63, 3.8) is 0 Å². The van der Waals surface area contributed by atoms with Crippen LogP contribution in [0.5, 0.6) is 0 Å². The molecule has 0 radical (unpaired) electrons. The first kappa shape index (κ1) is 19.1. The minimum atomic E-state index is -0.0302. The summed E-state index contributed by atoms with van der Waals surface area (Å²) in [5.74, 6) is 0.904. The molecule has 1 heterocycles. The minimum Gasteiger partial charge on any atom is -0.326 e. The maximum absolute atomic E-state index is 12.5. The third-order valence-electron chi connectivity index (χ3n) is 5.59. The molecule has 2 amide bonds. The third kappa shape index (κ3) is 4.09. The lowest BCUT2D eigenvalue weighted by molar-refractivity contribution is -0.120. The zero-order chi connectivity index (χ0) is 19.5. The zero-order valence-corrected chi connectivity index (χ0v) is 17.0. The molecular weight excluding hydrogens is 368 g/mol. The molecule has 1 atom stereocenters. The van der Waals surface area contributed by atoms with Crippen LogP contribution in [-0.2, 0) is 9.59 Å². The second-order valence-corrected chi connectivity index (χ2v) is 8.78. The number of aryl methyl sites for hydroxylation is 1. The Kier molecular flexibility index (Phi) is 5.72. The first-order valence-electron chi connectivity index (χ1n) is 10.0. The predicted molar refractivity (Wildman–Crippen MR) is 116 cm³/mol. The number of hydrogen-bond acceptors (Lipinski definition) is 3. The van der Waals surface area contributed by atoms with Gasteiger partial charge >= 0.3 is 0 Å². The van der Waals surface area contributed by atoms with Crippen molar-refractivity contribution in [2.75, 3.05) is 16.0 Å². The number of rotatable bonds is 4. The number of amides is 2. The summed E-state index contributed by atoms with van der Waals surface area (Å²) in [6.45, 7) is 2.04. The molecule has 1 aliphatic heterocycles. The fourth-order valence-corrected chi connectivity index (χ4v) is 5.25. The molecule has 1 aliphatic carbocycles. The number of carbonyl (C=O) groups excluding carboxylic acids is 2. The molecule has 4 nitrogen and oxygen atoms in total. The van der Waals surface area contributed by atoms with Gasteiger partial charge in [-0.2, -0.15) is 0 Å². The molecule has 2 aromatic carbocycles. The summed E-state index contributed by atoms with van der Waals surface area (Å²) in [5.41, 5.74) is 3.99. The van der Waals surface area contributed by atoms with Crippen LogP contribution in [0.2, 0.25) is 0 Å². The lowest BCUT2D eigenvalue weighted by atomic mass is 9.88. The van der Waals surface area contributed by atoms with Crippen LogP contribution in [-0.4, -0.2) is 17.6 Å². The maximum Gasteiger partial charge on any atom is 0.238 e. The maximum atomic E-state index is 12.5. The van der Waals surface area contributed by atoms with Gasteiger partial charge < -0.3 is 5.32 Å². The molecule has 5 heteroatoms. The summed E-state index contributed by atoms with van der Waals surface area (Å²) in [4.78, 5) is 26.8. The number of thioether (sulfide) groups is 1. The molecule has 0 spiro atoms. The highest BCUT2D eigenvalue weighted by Crippen LogP contribution is 2.42. The highest BCUT2D eigenvalue weighted by Gasteiger charge is 2.34. The Labute approximate surface area is 170 Å². The monoisotopic (exact) mass is 394 g/mol. The van der Waals surface area contributed by atoms with E-state index < -0.39 is 0 Å². The Morgan fingerprint density at radius 1 is 1.07 bits per heavy atom. The fourth-order valence-electron chi connectivity index (χ4n) is 4.07. The van der Waals surface area contributed by atoms with Crippen LogP contribution in [0.4, 0.5) is 11.4 Å². The molecule has 0 bridgehead atoms. The van der Waals surface area contributed by atoms with E-state index in [9.17, 15) is 9.59 Å². The Balaban J connectivity index is 1.48. The molecule has 2 fully saturated rings. The average molecular weight is 395 g/mol. The van der Waals surface area contributed by atoms with Gasteiger partial charge in [-0.05, 0) is 55.2 Å². The first-order chi connectivity index (χ1) is 13.6. The fraction of sp³-hybridized carbons (Fsp3) is 0.391. The summed E-state index contributed by atoms with van der Waals surface area (Å²) >= 11 is 1.64. The Bertz CT molecular complexity index is 859. The van der Waals surface area contributed by atoms with Crippen molar-refractivity contribution in [2.24, 2.45) is 5.92 Å². The number of nitrogens with one attached hydrogen (secondary N) is 1. The van der Waals surface area contributed by atoms with Gasteiger partial charge in [-0.3, -0.25) is 14.5 Å². The van der Waals surface area contributed by atoms with Crippen LogP contribution in [0.1, 0.15) is 48.6 Å². The largest absolute Gasteiger partial charge is 0.326 e. The van der Waals surface area contributed by atoms with E-state index >= 15 is 0 Å². The lowest BCUT2D eigenvalue weighted by Crippen LogP contribution is -2.28. The van der Waals surface area contributed by atoms with Gasteiger partial charge in [0.15, 0.2) is 0 Å². The third-order valence-corrected chi connectivity index (χ3v) is 6.80. The Morgan fingerprint density at radius 2 is 1.82 bits per heavy atom. The van der Waals surface area contributed by atoms with Crippen LogP contribution >= 0.6 is 11.8 Å². The normalized spacial score (nSPS) is 20.4. The van der Waals surface area contributed by atoms with E-state index in [4.69, 9.17) is 0 Å². The highest BCUT2D eigenvalue weighted by molar-refractivity contribution is 8.00. The number of anilines is 2. The van der Waals surface area contributed by atoms with E-state index in [0.717, 1.165) is 48.2 Å². The van der Waals surface area contributed by atoms with Gasteiger partial charge in [0, 0.05) is 17.3 Å². The van der Waals surface area contributed by atoms with Crippen molar-refractivity contribution in [1.82, 2.24) is 0 Å². The van der Waals surface area contributed by atoms with E-state index in [0.29, 0.717) is 5.75 Å². The molecule has 1 unspecified atom stereocenters. The summed E-state index contributed by atoms with van der Waals surface area (Å²) in [5, 5.41) is 3.03. The van der Waals surface area contributed by atoms with E-state index in [1.165, 1.54) is 6.42 Å². The molecule has 4 rings (SSSR count). The number of carbonyl (C=O) groups is 2. The number of benzene rings is 2. The second-order valence-electron chi connectivity index (χ2n) is 7.71. The van der Waals surface area contributed by atoms with Gasteiger partial charge in [-0.25, -0.2) is 0 Å². The quantitative estimate of drug-likeness (QED) is 0.766. The van der Waals surface area contributed by atoms with Crippen LogP contribution in [0.25, 0.3) is 0 Å². The van der Waals surface area contributed by atoms with Gasteiger partial charge in [0.1, 0.15) is 5.37 Å². The molecule has 28 heavy (non-hydrogen) atoms. The van der Waals surface area contributed by atoms with Crippen molar-refractivity contribution in [2.45, 2.75) is 44.4 Å². The number of nitrogens with zero attached hydrogens (tertiary/aromatic N) is 1. The Hall–Kier alpha value is -2.27. The van der Waals surface area contributed by atoms with Crippen molar-refractivity contribution in [1.29, 1.82) is 0 Å². The molecule has 1 N–H and O–H groups in total. The van der Waals surface area contributed by atoms with Gasteiger partial charge in [0.25, 0.3) is 0 Å². The summed E-state index contributed by atoms with van der Waals surface area (Å²) in [6.07, 6.45) is 5.54. The van der Waals surface area contributed by atoms with Crippen LogP contribution in [0.15, 0.2) is 48.5 Å². The smallest absolute Gasteiger partial charge is 0.238 e. The van der Waals surface area contributed by atoms with Crippen LogP contribution < -0.4 is 10.2 Å². The van der Waals surface area contributed by atoms with E-state index in [2.05, 4.69) is 11.4 Å². The van der Waals surface area contributed by atoms with Crippen molar-refractivity contribution < 1.29 is 9.59 Å². The second kappa shape index (κ2) is 8.39. The van der Waals surface area contributed by atoms with Gasteiger partial charge in [-0.1, -0.05) is 43.5 Å². The van der Waals surface area contributed by atoms with Gasteiger partial charge in [-0.15, -0.1) is 11.8 Å². The van der Waals surface area contributed by atoms with Crippen molar-refractivity contribution >= 4 is 35.0 Å². The van der Waals surface area contributed by atoms with Gasteiger partial charge in [0.2, 0.25) is 11.8 Å². The summed E-state index contributed by atoms with van der Waals surface area (Å²) in [6, 6.07) is 16.0. The molecule has 0 aromatic heterocycles. The van der Waals surface area contributed by atoms with E-state index in [1.807, 2.05) is 54.3 Å². The Morgan fingerprint density at radius 3 is 2.54 bits per heavy atom. The topological polar surface area (TPSA) is 49.4 Å². The van der Waals surface area contributed by atoms with Gasteiger partial charge in [0.05, 0.1) is 5.75 Å². The summed E-state index contributed by atoms with van der Waals surface area (Å²) < 4.78 is 0. The molecular formula is C23H26N2O2S. The van der Waals surface area contributed by atoms with Crippen molar-refractivity contribution in [3.8, 4) is 0 Å². The SMILES string of the molecule is Cc1cccc(N2C(=O)CSC2c2ccc(NC(=O)C3CCCCC3)cc2)c1. The zero-order valence-electron chi connectivity index (χ0n) is 16.2. The van der Waals surface area contributed by atoms with Crippen molar-refractivity contribution in [3.05, 3.63) is 59.7 Å². The number of hydrogen-bond donors (Lipinski definition) is 1. The van der Waals surface area contributed by atoms with Crippen LogP contribution in [0.3, 0.4) is 0 Å². The van der Waals surface area contributed by atoms with Crippen LogP contribution in [0, 0.1) is 12.8 Å². The van der Waals surface area contributed by atoms with E-state index in [1.54, 1.807) is 11.8 Å². The molecule has 1 saturated carbocycles. The average Bonchev–Trinajstić information content (AvgIpc) is 3.10. The summed E-state index contributed by atoms with van der Waals surface area (Å²) in [7, 11) is 0. The molecule has 2 aliphatic rings. The molecule has 2 aromatic rings. The predicted octanol–water partition coefficient (Wildman–Crippen LogP) is 5.29. The molecule has 146 valence electrons. The lowest BCUT2D eigenvalue weighted by Gasteiger charge is -2.25.